The number of para-hydroxylation sites is 2. The number of rotatable bonds is 2. The molecule has 2 heterocycles. The molecule has 0 spiro atoms. The Balaban J connectivity index is 1.86. The van der Waals surface area contributed by atoms with Gasteiger partial charge in [0.25, 0.3) is 5.91 Å². The van der Waals surface area contributed by atoms with Gasteiger partial charge in [-0.2, -0.15) is 0 Å². The fourth-order valence-electron chi connectivity index (χ4n) is 2.53. The van der Waals surface area contributed by atoms with Crippen LogP contribution in [0.15, 0.2) is 30.5 Å². The summed E-state index contributed by atoms with van der Waals surface area (Å²) in [6, 6.07) is 7.32. The van der Waals surface area contributed by atoms with Gasteiger partial charge in [-0.1, -0.05) is 12.1 Å². The quantitative estimate of drug-likeness (QED) is 0.905. The third kappa shape index (κ3) is 2.33. The number of aromatic nitrogens is 2. The third-order valence-electron chi connectivity index (χ3n) is 3.94. The van der Waals surface area contributed by atoms with Crippen LogP contribution in [-0.2, 0) is 4.79 Å². The Hall–Kier alpha value is -2.50. The smallest absolute Gasteiger partial charge is 0.311 e. The molecule has 1 aliphatic rings. The molecule has 2 aromatic rings. The van der Waals surface area contributed by atoms with Gasteiger partial charge in [-0.05, 0) is 25.5 Å². The predicted molar refractivity (Wildman–Crippen MR) is 75.8 cm³/mol. The molecule has 0 saturated carbocycles. The second-order valence-electron chi connectivity index (χ2n) is 5.59. The molecule has 6 heteroatoms. The summed E-state index contributed by atoms with van der Waals surface area (Å²) in [6.07, 6.45) is 1.90. The highest BCUT2D eigenvalue weighted by Crippen LogP contribution is 2.30. The molecule has 108 valence electrons. The minimum Gasteiger partial charge on any atom is -0.481 e. The molecular formula is C15H15N3O3. The van der Waals surface area contributed by atoms with Crippen LogP contribution in [0.25, 0.3) is 11.0 Å². The van der Waals surface area contributed by atoms with Crippen LogP contribution >= 0.6 is 0 Å². The van der Waals surface area contributed by atoms with Crippen molar-refractivity contribution in [2.45, 2.75) is 13.3 Å². The van der Waals surface area contributed by atoms with Gasteiger partial charge in [0.15, 0.2) is 0 Å². The first-order chi connectivity index (χ1) is 9.99. The van der Waals surface area contributed by atoms with Gasteiger partial charge >= 0.3 is 5.97 Å². The van der Waals surface area contributed by atoms with Crippen LogP contribution in [-0.4, -0.2) is 44.9 Å². The van der Waals surface area contributed by atoms with Gasteiger partial charge in [-0.3, -0.25) is 14.6 Å². The van der Waals surface area contributed by atoms with Crippen LogP contribution in [0.4, 0.5) is 0 Å². The van der Waals surface area contributed by atoms with Crippen molar-refractivity contribution in [3.8, 4) is 0 Å². The van der Waals surface area contributed by atoms with E-state index in [1.165, 1.54) is 11.1 Å². The van der Waals surface area contributed by atoms with Crippen LogP contribution in [0.2, 0.25) is 0 Å². The van der Waals surface area contributed by atoms with E-state index in [-0.39, 0.29) is 18.1 Å². The fourth-order valence-corrected chi connectivity index (χ4v) is 2.53. The van der Waals surface area contributed by atoms with Crippen LogP contribution in [0.1, 0.15) is 23.8 Å². The number of carbonyl (C=O) groups is 2. The molecule has 21 heavy (non-hydrogen) atoms. The number of hydrogen-bond acceptors (Lipinski definition) is 4. The number of amides is 1. The molecule has 1 atom stereocenters. The Morgan fingerprint density at radius 1 is 1.29 bits per heavy atom. The van der Waals surface area contributed by atoms with Gasteiger partial charge in [-0.15, -0.1) is 0 Å². The number of likely N-dealkylation sites (tertiary alicyclic amines) is 1. The number of benzene rings is 1. The second kappa shape index (κ2) is 4.80. The molecular weight excluding hydrogens is 270 g/mol. The number of carboxylic acids is 1. The molecule has 1 N–H and O–H groups in total. The van der Waals surface area contributed by atoms with Crippen molar-refractivity contribution < 1.29 is 14.7 Å². The molecule has 6 nitrogen and oxygen atoms in total. The van der Waals surface area contributed by atoms with Crippen molar-refractivity contribution in [3.05, 3.63) is 36.2 Å². The van der Waals surface area contributed by atoms with Crippen molar-refractivity contribution in [2.24, 2.45) is 5.41 Å². The summed E-state index contributed by atoms with van der Waals surface area (Å²) in [6.45, 7) is 2.29. The zero-order chi connectivity index (χ0) is 15.0. The van der Waals surface area contributed by atoms with E-state index in [1.807, 2.05) is 18.2 Å². The molecule has 1 saturated heterocycles. The highest BCUT2D eigenvalue weighted by molar-refractivity contribution is 5.94. The van der Waals surface area contributed by atoms with E-state index in [2.05, 4.69) is 9.97 Å². The maximum atomic E-state index is 12.4. The Kier molecular flexibility index (Phi) is 3.08. The molecule has 3 rings (SSSR count). The summed E-state index contributed by atoms with van der Waals surface area (Å²) in [5, 5.41) is 9.22. The number of fused-ring (bicyclic) bond motifs is 1. The highest BCUT2D eigenvalue weighted by Gasteiger charge is 2.42. The maximum Gasteiger partial charge on any atom is 0.311 e. The van der Waals surface area contributed by atoms with E-state index in [9.17, 15) is 14.7 Å². The van der Waals surface area contributed by atoms with Crippen LogP contribution in [0.5, 0.6) is 0 Å². The van der Waals surface area contributed by atoms with Gasteiger partial charge in [0, 0.05) is 13.1 Å². The van der Waals surface area contributed by atoms with Gasteiger partial charge in [0.05, 0.1) is 22.6 Å². The monoisotopic (exact) mass is 285 g/mol. The second-order valence-corrected chi connectivity index (χ2v) is 5.59. The molecule has 0 bridgehead atoms. The molecule has 1 aliphatic heterocycles. The molecule has 1 aromatic heterocycles. The van der Waals surface area contributed by atoms with Gasteiger partial charge in [0.2, 0.25) is 0 Å². The van der Waals surface area contributed by atoms with Crippen molar-refractivity contribution >= 4 is 22.9 Å². The Morgan fingerprint density at radius 2 is 2.00 bits per heavy atom. The lowest BCUT2D eigenvalue weighted by molar-refractivity contribution is -0.147. The van der Waals surface area contributed by atoms with Gasteiger partial charge in [-0.25, -0.2) is 4.98 Å². The highest BCUT2D eigenvalue weighted by atomic mass is 16.4. The summed E-state index contributed by atoms with van der Waals surface area (Å²) in [7, 11) is 0. The first kappa shape index (κ1) is 13.5. The third-order valence-corrected chi connectivity index (χ3v) is 3.94. The minimum absolute atomic E-state index is 0.204. The minimum atomic E-state index is -0.875. The first-order valence-electron chi connectivity index (χ1n) is 6.74. The lowest BCUT2D eigenvalue weighted by atomic mass is 9.90. The van der Waals surface area contributed by atoms with Crippen molar-refractivity contribution in [1.82, 2.24) is 14.9 Å². The number of hydrogen-bond donors (Lipinski definition) is 1. The zero-order valence-corrected chi connectivity index (χ0v) is 11.6. The molecule has 1 fully saturated rings. The van der Waals surface area contributed by atoms with Gasteiger partial charge in [0.1, 0.15) is 5.69 Å². The summed E-state index contributed by atoms with van der Waals surface area (Å²) < 4.78 is 0. The van der Waals surface area contributed by atoms with Gasteiger partial charge < -0.3 is 10.0 Å². The largest absolute Gasteiger partial charge is 0.481 e. The van der Waals surface area contributed by atoms with Crippen LogP contribution in [0.3, 0.4) is 0 Å². The molecule has 0 radical (unpaired) electrons. The number of nitrogens with zero attached hydrogens (tertiary/aromatic N) is 3. The number of carboxylic acid groups (broad SMARTS) is 1. The van der Waals surface area contributed by atoms with E-state index >= 15 is 0 Å². The van der Waals surface area contributed by atoms with Crippen molar-refractivity contribution in [1.29, 1.82) is 0 Å². The SMILES string of the molecule is C[C@]1(C(=O)O)CCN(C(=O)c2cnc3ccccc3n2)C1. The first-order valence-corrected chi connectivity index (χ1v) is 6.74. The normalized spacial score (nSPS) is 21.7. The van der Waals surface area contributed by atoms with E-state index in [4.69, 9.17) is 0 Å². The Bertz CT molecular complexity index is 731. The average Bonchev–Trinajstić information content (AvgIpc) is 2.90. The van der Waals surface area contributed by atoms with Crippen molar-refractivity contribution in [2.75, 3.05) is 13.1 Å². The Labute approximate surface area is 121 Å². The maximum absolute atomic E-state index is 12.4. The van der Waals surface area contributed by atoms with Crippen LogP contribution < -0.4 is 0 Å². The van der Waals surface area contributed by atoms with Crippen molar-refractivity contribution in [3.63, 3.8) is 0 Å². The summed E-state index contributed by atoms with van der Waals surface area (Å²) in [5.41, 5.74) is 0.762. The van der Waals surface area contributed by atoms with E-state index in [0.29, 0.717) is 18.5 Å². The van der Waals surface area contributed by atoms with E-state index in [1.54, 1.807) is 13.0 Å². The Morgan fingerprint density at radius 3 is 2.67 bits per heavy atom. The number of carbonyl (C=O) groups excluding carboxylic acids is 1. The van der Waals surface area contributed by atoms with E-state index < -0.39 is 11.4 Å². The van der Waals surface area contributed by atoms with E-state index in [0.717, 1.165) is 5.52 Å². The number of aliphatic carboxylic acids is 1. The molecule has 0 unspecified atom stereocenters. The molecule has 0 aliphatic carbocycles. The molecule has 1 amide bonds. The lowest BCUT2D eigenvalue weighted by Gasteiger charge is -2.19. The van der Waals surface area contributed by atoms with Crippen LogP contribution in [0, 0.1) is 5.41 Å². The summed E-state index contributed by atoms with van der Waals surface area (Å²) >= 11 is 0. The summed E-state index contributed by atoms with van der Waals surface area (Å²) in [5.74, 6) is -1.14. The standard InChI is InChI=1S/C15H15N3O3/c1-15(14(20)21)6-7-18(9-15)13(19)12-8-16-10-4-2-3-5-11(10)17-12/h2-5,8H,6-7,9H2,1H3,(H,20,21)/t15-/m0/s1. The molecule has 1 aromatic carbocycles. The predicted octanol–water partition coefficient (Wildman–Crippen LogP) is 1.57. The fraction of sp³-hybridized carbons (Fsp3) is 0.333. The lowest BCUT2D eigenvalue weighted by Crippen LogP contribution is -2.35. The zero-order valence-electron chi connectivity index (χ0n) is 11.6. The summed E-state index contributed by atoms with van der Waals surface area (Å²) in [4.78, 5) is 33.7. The average molecular weight is 285 g/mol. The topological polar surface area (TPSA) is 83.4 Å².